The Hall–Kier alpha value is -4.32. The maximum atomic E-state index is 14.9. The molecule has 1 heterocycles. The maximum Gasteiger partial charge on any atom is 0.155 e. The van der Waals surface area contributed by atoms with E-state index >= 15 is 0 Å². The third-order valence-corrected chi connectivity index (χ3v) is 5.45. The number of nitrogen functional groups attached to an aromatic ring is 1. The monoisotopic (exact) mass is 454 g/mol. The van der Waals surface area contributed by atoms with Gasteiger partial charge in [-0.05, 0) is 48.2 Å². The highest BCUT2D eigenvalue weighted by atomic mass is 19.1. The van der Waals surface area contributed by atoms with E-state index in [-0.39, 0.29) is 11.5 Å². The van der Waals surface area contributed by atoms with E-state index in [0.717, 1.165) is 16.8 Å². The smallest absolute Gasteiger partial charge is 0.155 e. The van der Waals surface area contributed by atoms with Gasteiger partial charge >= 0.3 is 0 Å². The number of nitrogens with two attached hydrogens (primary N) is 1. The minimum absolute atomic E-state index is 0.0545. The van der Waals surface area contributed by atoms with Crippen LogP contribution in [0.1, 0.15) is 16.7 Å². The highest BCUT2D eigenvalue weighted by Crippen LogP contribution is 2.29. The van der Waals surface area contributed by atoms with Crippen LogP contribution < -0.4 is 5.73 Å². The molecule has 4 rings (SSSR count). The van der Waals surface area contributed by atoms with Crippen molar-refractivity contribution in [2.24, 2.45) is 9.98 Å². The molecule has 0 atom stereocenters. The van der Waals surface area contributed by atoms with Gasteiger partial charge < -0.3 is 10.6 Å². The van der Waals surface area contributed by atoms with Crippen molar-refractivity contribution in [1.82, 2.24) is 4.90 Å². The molecule has 0 radical (unpaired) electrons. The second-order valence-corrected chi connectivity index (χ2v) is 7.88. The lowest BCUT2D eigenvalue weighted by atomic mass is 10.0. The third-order valence-electron chi connectivity index (χ3n) is 5.45. The van der Waals surface area contributed by atoms with Crippen LogP contribution in [0.15, 0.2) is 107 Å². The van der Waals surface area contributed by atoms with E-state index in [2.05, 4.69) is 18.3 Å². The lowest BCUT2D eigenvalue weighted by Gasteiger charge is -2.28. The Labute approximate surface area is 197 Å². The first-order valence-electron chi connectivity index (χ1n) is 10.7. The van der Waals surface area contributed by atoms with Gasteiger partial charge in [0.15, 0.2) is 5.82 Å². The van der Waals surface area contributed by atoms with Gasteiger partial charge in [-0.1, -0.05) is 55.1 Å². The molecule has 1 aliphatic rings. The lowest BCUT2D eigenvalue weighted by molar-refractivity contribution is 0.533. The van der Waals surface area contributed by atoms with E-state index in [9.17, 15) is 8.78 Å². The first-order chi connectivity index (χ1) is 16.4. The molecule has 0 amide bonds. The minimum Gasteiger partial charge on any atom is -0.396 e. The van der Waals surface area contributed by atoms with E-state index in [0.29, 0.717) is 35.6 Å². The molecule has 0 bridgehead atoms. The predicted octanol–water partition coefficient (Wildman–Crippen LogP) is 6.10. The van der Waals surface area contributed by atoms with Crippen LogP contribution in [0.25, 0.3) is 11.8 Å². The molecule has 0 aromatic heterocycles. The molecule has 34 heavy (non-hydrogen) atoms. The van der Waals surface area contributed by atoms with Gasteiger partial charge in [0.25, 0.3) is 0 Å². The Morgan fingerprint density at radius 3 is 2.47 bits per heavy atom. The van der Waals surface area contributed by atoms with E-state index in [1.54, 1.807) is 36.5 Å². The van der Waals surface area contributed by atoms with Crippen LogP contribution in [-0.2, 0) is 6.42 Å². The Kier molecular flexibility index (Phi) is 6.78. The van der Waals surface area contributed by atoms with Gasteiger partial charge in [-0.2, -0.15) is 0 Å². The normalized spacial score (nSPS) is 13.8. The van der Waals surface area contributed by atoms with Crippen molar-refractivity contribution in [3.05, 3.63) is 125 Å². The molecular weight excluding hydrogens is 430 g/mol. The molecule has 3 aromatic carbocycles. The maximum absolute atomic E-state index is 14.9. The van der Waals surface area contributed by atoms with Crippen molar-refractivity contribution in [2.75, 3.05) is 12.3 Å². The summed E-state index contributed by atoms with van der Waals surface area (Å²) in [5.41, 5.74) is 10.3. The molecular formula is C28H24F2N4. The fourth-order valence-corrected chi connectivity index (χ4v) is 3.69. The predicted molar refractivity (Wildman–Crippen MR) is 136 cm³/mol. The third kappa shape index (κ3) is 5.18. The zero-order valence-electron chi connectivity index (χ0n) is 18.6. The van der Waals surface area contributed by atoms with Crippen LogP contribution in [-0.4, -0.2) is 23.9 Å². The number of hydrogen-bond donors (Lipinski definition) is 1. The molecule has 1 aliphatic heterocycles. The molecule has 170 valence electrons. The van der Waals surface area contributed by atoms with Gasteiger partial charge in [-0.3, -0.25) is 9.98 Å². The zero-order chi connectivity index (χ0) is 24.1. The zero-order valence-corrected chi connectivity index (χ0v) is 18.6. The summed E-state index contributed by atoms with van der Waals surface area (Å²) in [5, 5.41) is 0. The standard InChI is InChI=1S/C28H24F2N4/c1-19(26(32-2)16-21-11-13-22(29)14-12-21)34-17-23(15-20-7-4-3-5-8-20)33-27(18-34)24-9-6-10-25(31)28(24)30/h3-14,16,18H,1-2,15,17,31H2/b26-16-. The van der Waals surface area contributed by atoms with Crippen LogP contribution >= 0.6 is 0 Å². The average molecular weight is 455 g/mol. The van der Waals surface area contributed by atoms with Gasteiger partial charge in [0.2, 0.25) is 0 Å². The summed E-state index contributed by atoms with van der Waals surface area (Å²) in [6.45, 7) is 8.32. The number of anilines is 1. The summed E-state index contributed by atoms with van der Waals surface area (Å²) >= 11 is 0. The summed E-state index contributed by atoms with van der Waals surface area (Å²) < 4.78 is 28.2. The fraction of sp³-hybridized carbons (Fsp3) is 0.0714. The second kappa shape index (κ2) is 10.1. The number of halogens is 2. The van der Waals surface area contributed by atoms with E-state index in [1.807, 2.05) is 35.2 Å². The van der Waals surface area contributed by atoms with Crippen LogP contribution in [0.5, 0.6) is 0 Å². The number of aliphatic imine (C=N–C) groups is 2. The number of hydrogen-bond acceptors (Lipinski definition) is 4. The Bertz CT molecular complexity index is 1310. The minimum atomic E-state index is -0.520. The van der Waals surface area contributed by atoms with Gasteiger partial charge in [0.1, 0.15) is 5.82 Å². The second-order valence-electron chi connectivity index (χ2n) is 7.88. The Morgan fingerprint density at radius 1 is 1.03 bits per heavy atom. The molecule has 2 N–H and O–H groups in total. The summed E-state index contributed by atoms with van der Waals surface area (Å²) in [7, 11) is 0. The number of benzene rings is 3. The van der Waals surface area contributed by atoms with Gasteiger partial charge in [-0.15, -0.1) is 0 Å². The summed E-state index contributed by atoms with van der Waals surface area (Å²) in [6, 6.07) is 20.8. The molecule has 0 saturated heterocycles. The summed E-state index contributed by atoms with van der Waals surface area (Å²) in [6.07, 6.45) is 4.09. The van der Waals surface area contributed by atoms with Crippen LogP contribution in [0.4, 0.5) is 14.5 Å². The van der Waals surface area contributed by atoms with Gasteiger partial charge in [0.05, 0.1) is 29.3 Å². The van der Waals surface area contributed by atoms with Crippen molar-refractivity contribution in [3.8, 4) is 0 Å². The van der Waals surface area contributed by atoms with Crippen molar-refractivity contribution in [2.45, 2.75) is 6.42 Å². The quantitative estimate of drug-likeness (QED) is 0.266. The molecule has 0 saturated carbocycles. The molecule has 0 unspecified atom stereocenters. The molecule has 0 spiro atoms. The van der Waals surface area contributed by atoms with Crippen molar-refractivity contribution in [1.29, 1.82) is 0 Å². The van der Waals surface area contributed by atoms with Crippen molar-refractivity contribution in [3.63, 3.8) is 0 Å². The van der Waals surface area contributed by atoms with E-state index < -0.39 is 5.82 Å². The SMILES string of the molecule is C=N/C(=C\c1ccc(F)cc1)C(=C)N1C=C(c2cccc(N)c2F)N=C(Cc2ccccc2)C1. The van der Waals surface area contributed by atoms with E-state index in [4.69, 9.17) is 10.7 Å². The van der Waals surface area contributed by atoms with Crippen LogP contribution in [0, 0.1) is 11.6 Å². The molecule has 6 heteroatoms. The highest BCUT2D eigenvalue weighted by Gasteiger charge is 2.21. The lowest BCUT2D eigenvalue weighted by Crippen LogP contribution is -2.29. The fourth-order valence-electron chi connectivity index (χ4n) is 3.69. The summed E-state index contributed by atoms with van der Waals surface area (Å²) in [4.78, 5) is 10.8. The molecule has 0 fully saturated rings. The molecule has 0 aliphatic carbocycles. The molecule has 4 nitrogen and oxygen atoms in total. The van der Waals surface area contributed by atoms with Crippen molar-refractivity contribution >= 4 is 29.9 Å². The Balaban J connectivity index is 1.71. The van der Waals surface area contributed by atoms with E-state index in [1.165, 1.54) is 18.2 Å². The first kappa shape index (κ1) is 22.9. The topological polar surface area (TPSA) is 54.0 Å². The number of rotatable bonds is 7. The summed E-state index contributed by atoms with van der Waals surface area (Å²) in [5.74, 6) is -0.841. The average Bonchev–Trinajstić information content (AvgIpc) is 2.85. The largest absolute Gasteiger partial charge is 0.396 e. The van der Waals surface area contributed by atoms with Gasteiger partial charge in [-0.25, -0.2) is 8.78 Å². The highest BCUT2D eigenvalue weighted by molar-refractivity contribution is 5.95. The number of nitrogens with zero attached hydrogens (tertiary/aromatic N) is 3. The Morgan fingerprint density at radius 2 is 1.76 bits per heavy atom. The van der Waals surface area contributed by atoms with Gasteiger partial charge in [0, 0.05) is 23.9 Å². The van der Waals surface area contributed by atoms with Crippen LogP contribution in [0.2, 0.25) is 0 Å². The van der Waals surface area contributed by atoms with Crippen LogP contribution in [0.3, 0.4) is 0 Å². The van der Waals surface area contributed by atoms with Crippen molar-refractivity contribution < 1.29 is 8.78 Å². The molecule has 3 aromatic rings. The first-order valence-corrected chi connectivity index (χ1v) is 10.7.